The van der Waals surface area contributed by atoms with Crippen LogP contribution in [0.4, 0.5) is 9.52 Å². The summed E-state index contributed by atoms with van der Waals surface area (Å²) in [5.74, 6) is -1.89. The minimum atomic E-state index is -0.754. The van der Waals surface area contributed by atoms with Crippen molar-refractivity contribution in [2.75, 3.05) is 11.9 Å². The molecule has 0 atom stereocenters. The van der Waals surface area contributed by atoms with Crippen LogP contribution in [0.5, 0.6) is 0 Å². The summed E-state index contributed by atoms with van der Waals surface area (Å²) in [5.41, 5.74) is 1.65. The first-order chi connectivity index (χ1) is 13.4. The highest BCUT2D eigenvalue weighted by molar-refractivity contribution is 9.10. The summed E-state index contributed by atoms with van der Waals surface area (Å²) in [6, 6.07) is 11.7. The number of anilines is 1. The smallest absolute Gasteiger partial charge is 0.310 e. The molecule has 3 aromatic rings. The summed E-state index contributed by atoms with van der Waals surface area (Å²) in [7, 11) is 0. The Kier molecular flexibility index (Phi) is 6.77. The van der Waals surface area contributed by atoms with E-state index in [4.69, 9.17) is 16.3 Å². The third-order valence-corrected chi connectivity index (χ3v) is 5.22. The zero-order valence-electron chi connectivity index (χ0n) is 14.2. The Morgan fingerprint density at radius 1 is 1.25 bits per heavy atom. The Morgan fingerprint density at radius 2 is 2.04 bits per heavy atom. The van der Waals surface area contributed by atoms with E-state index in [0.29, 0.717) is 10.8 Å². The molecule has 1 N–H and O–H groups in total. The van der Waals surface area contributed by atoms with E-state index in [0.717, 1.165) is 10.0 Å². The molecule has 28 heavy (non-hydrogen) atoms. The number of hydrogen-bond donors (Lipinski definition) is 1. The first-order valence-corrected chi connectivity index (χ1v) is 10.1. The molecule has 0 spiro atoms. The number of esters is 1. The van der Waals surface area contributed by atoms with E-state index >= 15 is 0 Å². The summed E-state index contributed by atoms with van der Waals surface area (Å²) in [6.07, 6.45) is -0.358. The maximum Gasteiger partial charge on any atom is 0.310 e. The van der Waals surface area contributed by atoms with Gasteiger partial charge in [-0.25, -0.2) is 9.37 Å². The molecule has 0 fully saturated rings. The Morgan fingerprint density at radius 3 is 2.79 bits per heavy atom. The van der Waals surface area contributed by atoms with Gasteiger partial charge in [0.15, 0.2) is 11.7 Å². The number of carbonyl (C=O) groups is 2. The minimum absolute atomic E-state index is 0.0353. The number of nitrogens with zero attached hydrogens (tertiary/aromatic N) is 1. The van der Waals surface area contributed by atoms with Crippen molar-refractivity contribution in [3.05, 3.63) is 68.7 Å². The molecule has 9 heteroatoms. The van der Waals surface area contributed by atoms with Crippen LogP contribution >= 0.6 is 38.9 Å². The summed E-state index contributed by atoms with van der Waals surface area (Å²) in [6.45, 7) is -0.503. The van der Waals surface area contributed by atoms with Gasteiger partial charge in [0.2, 0.25) is 0 Å². The predicted octanol–water partition coefficient (Wildman–Crippen LogP) is 5.09. The average molecular weight is 484 g/mol. The van der Waals surface area contributed by atoms with E-state index in [2.05, 4.69) is 26.2 Å². The van der Waals surface area contributed by atoms with E-state index in [1.165, 1.54) is 29.5 Å². The molecule has 1 amide bonds. The Labute approximate surface area is 177 Å². The fourth-order valence-electron chi connectivity index (χ4n) is 2.31. The molecule has 5 nitrogen and oxygen atoms in total. The molecule has 1 aromatic heterocycles. The fraction of sp³-hybridized carbons (Fsp3) is 0.105. The predicted molar refractivity (Wildman–Crippen MR) is 110 cm³/mol. The average Bonchev–Trinajstić information content (AvgIpc) is 3.12. The second-order valence-corrected chi connectivity index (χ2v) is 7.82. The molecule has 1 heterocycles. The van der Waals surface area contributed by atoms with Gasteiger partial charge in [0.05, 0.1) is 12.1 Å². The van der Waals surface area contributed by atoms with Gasteiger partial charge in [-0.15, -0.1) is 11.3 Å². The van der Waals surface area contributed by atoms with Crippen molar-refractivity contribution in [2.24, 2.45) is 0 Å². The SMILES string of the molecule is O=C(COC(=O)Cc1c(F)cccc1Cl)Nc1nc(-c2cccc(Br)c2)cs1. The first kappa shape index (κ1) is 20.4. The third-order valence-electron chi connectivity index (χ3n) is 3.62. The Hall–Kier alpha value is -2.29. The van der Waals surface area contributed by atoms with Crippen molar-refractivity contribution in [3.8, 4) is 11.3 Å². The molecule has 0 bridgehead atoms. The molecular formula is C19H13BrClFN2O3S. The molecular weight excluding hydrogens is 471 g/mol. The van der Waals surface area contributed by atoms with Gasteiger partial charge < -0.3 is 4.74 Å². The lowest BCUT2D eigenvalue weighted by Crippen LogP contribution is -2.21. The number of hydrogen-bond acceptors (Lipinski definition) is 5. The van der Waals surface area contributed by atoms with Gasteiger partial charge in [-0.2, -0.15) is 0 Å². The van der Waals surface area contributed by atoms with Gasteiger partial charge in [-0.3, -0.25) is 14.9 Å². The number of aromatic nitrogens is 1. The lowest BCUT2D eigenvalue weighted by molar-refractivity contribution is -0.146. The molecule has 0 saturated carbocycles. The Bertz CT molecular complexity index is 1010. The number of nitrogens with one attached hydrogen (secondary N) is 1. The minimum Gasteiger partial charge on any atom is -0.455 e. The van der Waals surface area contributed by atoms with Crippen LogP contribution in [0.1, 0.15) is 5.56 Å². The van der Waals surface area contributed by atoms with Crippen LogP contribution in [-0.2, 0) is 20.7 Å². The third kappa shape index (κ3) is 5.37. The van der Waals surface area contributed by atoms with E-state index in [1.807, 2.05) is 29.6 Å². The van der Waals surface area contributed by atoms with Crippen molar-refractivity contribution < 1.29 is 18.7 Å². The molecule has 144 valence electrons. The zero-order chi connectivity index (χ0) is 20.1. The summed E-state index contributed by atoms with van der Waals surface area (Å²) < 4.78 is 19.5. The van der Waals surface area contributed by atoms with E-state index in [9.17, 15) is 14.0 Å². The highest BCUT2D eigenvalue weighted by Crippen LogP contribution is 2.27. The maximum absolute atomic E-state index is 13.7. The van der Waals surface area contributed by atoms with Gasteiger partial charge in [0.1, 0.15) is 5.82 Å². The molecule has 2 aromatic carbocycles. The van der Waals surface area contributed by atoms with Crippen molar-refractivity contribution in [2.45, 2.75) is 6.42 Å². The quantitative estimate of drug-likeness (QED) is 0.496. The van der Waals surface area contributed by atoms with Gasteiger partial charge in [-0.05, 0) is 24.3 Å². The maximum atomic E-state index is 13.7. The van der Waals surface area contributed by atoms with Crippen LogP contribution in [0.3, 0.4) is 0 Å². The lowest BCUT2D eigenvalue weighted by Gasteiger charge is -2.07. The first-order valence-electron chi connectivity index (χ1n) is 8.02. The van der Waals surface area contributed by atoms with Crippen LogP contribution in [-0.4, -0.2) is 23.5 Å². The second kappa shape index (κ2) is 9.27. The number of halogens is 3. The van der Waals surface area contributed by atoms with E-state index < -0.39 is 24.3 Å². The summed E-state index contributed by atoms with van der Waals surface area (Å²) in [5, 5.41) is 4.89. The monoisotopic (exact) mass is 482 g/mol. The van der Waals surface area contributed by atoms with E-state index in [-0.39, 0.29) is 17.0 Å². The normalized spacial score (nSPS) is 10.5. The second-order valence-electron chi connectivity index (χ2n) is 5.63. The standard InChI is InChI=1S/C19H13BrClFN2O3S/c20-12-4-1-3-11(7-12)16-10-28-19(23-16)24-17(25)9-27-18(26)8-13-14(21)5-2-6-15(13)22/h1-7,10H,8-9H2,(H,23,24,25). The molecule has 0 saturated heterocycles. The van der Waals surface area contributed by atoms with Crippen LogP contribution < -0.4 is 5.32 Å². The van der Waals surface area contributed by atoms with Gasteiger partial charge in [-0.1, -0.05) is 45.7 Å². The lowest BCUT2D eigenvalue weighted by atomic mass is 10.1. The van der Waals surface area contributed by atoms with Crippen molar-refractivity contribution >= 4 is 55.9 Å². The zero-order valence-corrected chi connectivity index (χ0v) is 17.4. The van der Waals surface area contributed by atoms with Crippen molar-refractivity contribution in [1.29, 1.82) is 0 Å². The van der Waals surface area contributed by atoms with Gasteiger partial charge in [0, 0.05) is 26.0 Å². The number of rotatable bonds is 6. The topological polar surface area (TPSA) is 68.3 Å². The number of amides is 1. The number of carbonyl (C=O) groups excluding carboxylic acids is 2. The van der Waals surface area contributed by atoms with Crippen molar-refractivity contribution in [3.63, 3.8) is 0 Å². The van der Waals surface area contributed by atoms with Crippen LogP contribution in [0.2, 0.25) is 5.02 Å². The van der Waals surface area contributed by atoms with Gasteiger partial charge >= 0.3 is 5.97 Å². The fourth-order valence-corrected chi connectivity index (χ4v) is 3.67. The molecule has 3 rings (SSSR count). The van der Waals surface area contributed by atoms with Gasteiger partial charge in [0.25, 0.3) is 5.91 Å². The largest absolute Gasteiger partial charge is 0.455 e. The molecule has 0 aliphatic carbocycles. The summed E-state index contributed by atoms with van der Waals surface area (Å²) >= 11 is 10.5. The number of thiazole rings is 1. The molecule has 0 unspecified atom stereocenters. The van der Waals surface area contributed by atoms with Crippen molar-refractivity contribution in [1.82, 2.24) is 4.98 Å². The molecule has 0 aliphatic heterocycles. The molecule has 0 radical (unpaired) electrons. The Balaban J connectivity index is 1.53. The summed E-state index contributed by atoms with van der Waals surface area (Å²) in [4.78, 5) is 28.2. The molecule has 0 aliphatic rings. The van der Waals surface area contributed by atoms with E-state index in [1.54, 1.807) is 0 Å². The van der Waals surface area contributed by atoms with Crippen LogP contribution in [0.25, 0.3) is 11.3 Å². The van der Waals surface area contributed by atoms with Crippen LogP contribution in [0.15, 0.2) is 52.3 Å². The highest BCUT2D eigenvalue weighted by atomic mass is 79.9. The van der Waals surface area contributed by atoms with Crippen LogP contribution in [0, 0.1) is 5.82 Å². The number of ether oxygens (including phenoxy) is 1. The highest BCUT2D eigenvalue weighted by Gasteiger charge is 2.15. The number of benzene rings is 2.